The molecule has 2 aromatic carbocycles. The third-order valence-electron chi connectivity index (χ3n) is 3.88. The van der Waals surface area contributed by atoms with Crippen LogP contribution in [0.1, 0.15) is 27.2 Å². The molecule has 1 N–H and O–H groups in total. The van der Waals surface area contributed by atoms with Gasteiger partial charge < -0.3 is 4.74 Å². The SMILES string of the molecule is COC(=O)c1ccc(C)cc1N(c1nsnc1Cc1ccccc1)S(=O)O. The number of ether oxygens (including phenoxy) is 1. The maximum absolute atomic E-state index is 12.2. The van der Waals surface area contributed by atoms with Crippen molar-refractivity contribution in [3.05, 3.63) is 70.9 Å². The van der Waals surface area contributed by atoms with E-state index >= 15 is 0 Å². The molecular formula is C18H17N3O4S2. The number of hydrogen-bond donors (Lipinski definition) is 1. The highest BCUT2D eigenvalue weighted by Gasteiger charge is 2.27. The van der Waals surface area contributed by atoms with Gasteiger partial charge >= 0.3 is 5.97 Å². The lowest BCUT2D eigenvalue weighted by atomic mass is 10.1. The van der Waals surface area contributed by atoms with Crippen LogP contribution in [0.4, 0.5) is 11.5 Å². The zero-order chi connectivity index (χ0) is 19.4. The van der Waals surface area contributed by atoms with Crippen molar-refractivity contribution < 1.29 is 18.3 Å². The number of methoxy groups -OCH3 is 1. The molecule has 0 aliphatic rings. The third-order valence-corrected chi connectivity index (χ3v) is 5.12. The number of aromatic nitrogens is 2. The molecule has 1 heterocycles. The van der Waals surface area contributed by atoms with Crippen LogP contribution >= 0.6 is 11.7 Å². The molecule has 0 fully saturated rings. The first-order valence-electron chi connectivity index (χ1n) is 7.96. The van der Waals surface area contributed by atoms with Gasteiger partial charge in [0.05, 0.1) is 30.1 Å². The number of benzene rings is 2. The quantitative estimate of drug-likeness (QED) is 0.500. The smallest absolute Gasteiger partial charge is 0.340 e. The molecule has 3 rings (SSSR count). The summed E-state index contributed by atoms with van der Waals surface area (Å²) < 4.78 is 36.6. The largest absolute Gasteiger partial charge is 0.465 e. The summed E-state index contributed by atoms with van der Waals surface area (Å²) >= 11 is -1.51. The van der Waals surface area contributed by atoms with Gasteiger partial charge in [0.15, 0.2) is 5.82 Å². The van der Waals surface area contributed by atoms with Crippen molar-refractivity contribution in [1.29, 1.82) is 0 Å². The molecule has 0 amide bonds. The highest BCUT2D eigenvalue weighted by Crippen LogP contribution is 2.33. The van der Waals surface area contributed by atoms with Crippen LogP contribution in [0.2, 0.25) is 0 Å². The molecule has 0 aliphatic carbocycles. The Bertz CT molecular complexity index is 976. The molecule has 0 bridgehead atoms. The average molecular weight is 403 g/mol. The maximum Gasteiger partial charge on any atom is 0.340 e. The lowest BCUT2D eigenvalue weighted by Crippen LogP contribution is -2.23. The van der Waals surface area contributed by atoms with Gasteiger partial charge in [-0.05, 0) is 30.2 Å². The molecule has 9 heteroatoms. The number of nitrogens with zero attached hydrogens (tertiary/aromatic N) is 3. The van der Waals surface area contributed by atoms with E-state index < -0.39 is 17.2 Å². The van der Waals surface area contributed by atoms with Crippen molar-refractivity contribution in [1.82, 2.24) is 8.75 Å². The van der Waals surface area contributed by atoms with E-state index in [2.05, 4.69) is 8.75 Å². The number of carbonyl (C=O) groups is 1. The summed E-state index contributed by atoms with van der Waals surface area (Å²) in [6.07, 6.45) is 0.444. The van der Waals surface area contributed by atoms with Gasteiger partial charge in [0.1, 0.15) is 5.69 Å². The molecule has 7 nitrogen and oxygen atoms in total. The minimum atomic E-state index is -2.46. The van der Waals surface area contributed by atoms with E-state index in [9.17, 15) is 13.6 Å². The fourth-order valence-corrected chi connectivity index (χ4v) is 3.84. The van der Waals surface area contributed by atoms with Crippen molar-refractivity contribution in [2.45, 2.75) is 13.3 Å². The second-order valence-electron chi connectivity index (χ2n) is 5.73. The Hall–Kier alpha value is -2.62. The standard InChI is InChI=1S/C18H17N3O4S2/c1-12-8-9-14(18(22)25-2)16(10-12)21(27(23)24)17-15(19-26-20-17)11-13-6-4-3-5-7-13/h3-10H,11H2,1-2H3,(H,23,24). The number of aryl methyl sites for hydroxylation is 1. The molecule has 1 atom stereocenters. The van der Waals surface area contributed by atoms with E-state index in [0.717, 1.165) is 27.2 Å². The Morgan fingerprint density at radius 2 is 1.96 bits per heavy atom. The highest BCUT2D eigenvalue weighted by molar-refractivity contribution is 7.81. The number of anilines is 2. The van der Waals surface area contributed by atoms with Gasteiger partial charge in [0.25, 0.3) is 11.3 Å². The van der Waals surface area contributed by atoms with E-state index in [1.807, 2.05) is 37.3 Å². The zero-order valence-corrected chi connectivity index (χ0v) is 16.3. The first-order valence-corrected chi connectivity index (χ1v) is 9.76. The van der Waals surface area contributed by atoms with E-state index in [0.29, 0.717) is 12.1 Å². The normalized spacial score (nSPS) is 11.8. The third kappa shape index (κ3) is 4.21. The Balaban J connectivity index is 2.09. The Labute approximate surface area is 163 Å². The highest BCUT2D eigenvalue weighted by atomic mass is 32.2. The lowest BCUT2D eigenvalue weighted by molar-refractivity contribution is 0.0602. The van der Waals surface area contributed by atoms with Gasteiger partial charge in [0, 0.05) is 6.42 Å². The van der Waals surface area contributed by atoms with Crippen LogP contribution in [0, 0.1) is 6.92 Å². The van der Waals surface area contributed by atoms with Gasteiger partial charge in [-0.2, -0.15) is 8.75 Å². The average Bonchev–Trinajstić information content (AvgIpc) is 3.09. The van der Waals surface area contributed by atoms with Crippen molar-refractivity contribution >= 4 is 40.5 Å². The van der Waals surface area contributed by atoms with Gasteiger partial charge in [-0.15, -0.1) is 0 Å². The lowest BCUT2D eigenvalue weighted by Gasteiger charge is -2.21. The van der Waals surface area contributed by atoms with E-state index in [4.69, 9.17) is 4.74 Å². The summed E-state index contributed by atoms with van der Waals surface area (Å²) in [4.78, 5) is 12.2. The number of hydrogen-bond acceptors (Lipinski definition) is 6. The van der Waals surface area contributed by atoms with E-state index in [1.165, 1.54) is 7.11 Å². The molecule has 0 saturated heterocycles. The summed E-state index contributed by atoms with van der Waals surface area (Å²) in [6.45, 7) is 1.83. The summed E-state index contributed by atoms with van der Waals surface area (Å²) in [5.74, 6) is -0.367. The van der Waals surface area contributed by atoms with Gasteiger partial charge in [-0.25, -0.2) is 13.3 Å². The minimum absolute atomic E-state index is 0.171. The molecule has 3 aromatic rings. The summed E-state index contributed by atoms with van der Waals surface area (Å²) in [5, 5.41) is 0. The molecule has 0 radical (unpaired) electrons. The fraction of sp³-hybridized carbons (Fsp3) is 0.167. The Morgan fingerprint density at radius 1 is 1.22 bits per heavy atom. The fourth-order valence-electron chi connectivity index (χ4n) is 2.62. The van der Waals surface area contributed by atoms with Gasteiger partial charge in [-0.3, -0.25) is 4.55 Å². The van der Waals surface area contributed by atoms with Crippen LogP contribution in [0.5, 0.6) is 0 Å². The first kappa shape index (κ1) is 19.2. The van der Waals surface area contributed by atoms with E-state index in [1.54, 1.807) is 18.2 Å². The predicted octanol–water partition coefficient (Wildman–Crippen LogP) is 3.50. The van der Waals surface area contributed by atoms with Crippen molar-refractivity contribution in [2.75, 3.05) is 11.4 Å². The second-order valence-corrected chi connectivity index (χ2v) is 7.09. The van der Waals surface area contributed by atoms with Crippen LogP contribution in [-0.2, 0) is 22.4 Å². The summed E-state index contributed by atoms with van der Waals surface area (Å²) in [7, 11) is 1.26. The number of esters is 1. The van der Waals surface area contributed by atoms with Crippen LogP contribution in [0.3, 0.4) is 0 Å². The molecule has 140 valence electrons. The number of carbonyl (C=O) groups excluding carboxylic acids is 1. The molecule has 0 saturated carbocycles. The molecular weight excluding hydrogens is 386 g/mol. The maximum atomic E-state index is 12.2. The van der Waals surface area contributed by atoms with Crippen LogP contribution < -0.4 is 4.31 Å². The molecule has 27 heavy (non-hydrogen) atoms. The van der Waals surface area contributed by atoms with Crippen molar-refractivity contribution in [3.63, 3.8) is 0 Å². The topological polar surface area (TPSA) is 92.6 Å². The van der Waals surface area contributed by atoms with E-state index in [-0.39, 0.29) is 17.1 Å². The molecule has 1 unspecified atom stereocenters. The monoisotopic (exact) mass is 403 g/mol. The predicted molar refractivity (Wildman–Crippen MR) is 105 cm³/mol. The zero-order valence-electron chi connectivity index (χ0n) is 14.7. The van der Waals surface area contributed by atoms with Crippen molar-refractivity contribution in [2.24, 2.45) is 0 Å². The van der Waals surface area contributed by atoms with Crippen LogP contribution in [0.15, 0.2) is 48.5 Å². The molecule has 0 spiro atoms. The summed E-state index contributed by atoms with van der Waals surface area (Å²) in [5.41, 5.74) is 2.77. The van der Waals surface area contributed by atoms with Gasteiger partial charge in [-0.1, -0.05) is 36.4 Å². The summed E-state index contributed by atoms with van der Waals surface area (Å²) in [6, 6.07) is 14.6. The Kier molecular flexibility index (Phi) is 5.94. The minimum Gasteiger partial charge on any atom is -0.465 e. The number of rotatable bonds is 6. The second kappa shape index (κ2) is 8.38. The molecule has 1 aromatic heterocycles. The van der Waals surface area contributed by atoms with Crippen LogP contribution in [0.25, 0.3) is 0 Å². The van der Waals surface area contributed by atoms with Gasteiger partial charge in [0.2, 0.25) is 0 Å². The van der Waals surface area contributed by atoms with Crippen LogP contribution in [-0.4, -0.2) is 30.6 Å². The Morgan fingerprint density at radius 3 is 2.63 bits per heavy atom. The molecule has 0 aliphatic heterocycles. The first-order chi connectivity index (χ1) is 13.0. The van der Waals surface area contributed by atoms with Crippen molar-refractivity contribution in [3.8, 4) is 0 Å².